The second-order valence-electron chi connectivity index (χ2n) is 5.63. The average Bonchev–Trinajstić information content (AvgIpc) is 2.89. The number of aromatic nitrogens is 2. The summed E-state index contributed by atoms with van der Waals surface area (Å²) in [5.74, 6) is 0.323. The van der Waals surface area contributed by atoms with Gasteiger partial charge in [-0.1, -0.05) is 44.4 Å². The molecule has 0 atom stereocenters. The van der Waals surface area contributed by atoms with Crippen LogP contribution in [0.4, 0.5) is 5.13 Å². The minimum atomic E-state index is -0.723. The Morgan fingerprint density at radius 2 is 1.95 bits per heavy atom. The fraction of sp³-hybridized carbons (Fsp3) is 0.786. The quantitative estimate of drug-likeness (QED) is 0.875. The number of amides is 1. The van der Waals surface area contributed by atoms with Crippen LogP contribution >= 0.6 is 11.3 Å². The first kappa shape index (κ1) is 15.4. The van der Waals surface area contributed by atoms with Crippen LogP contribution in [0.2, 0.25) is 0 Å². The van der Waals surface area contributed by atoms with Crippen LogP contribution < -0.4 is 11.1 Å². The van der Waals surface area contributed by atoms with Crippen LogP contribution in [0, 0.1) is 0 Å². The molecule has 0 aromatic carbocycles. The summed E-state index contributed by atoms with van der Waals surface area (Å²) in [4.78, 5) is 12.3. The molecule has 1 aliphatic carbocycles. The number of carbonyl (C=O) groups is 1. The predicted molar refractivity (Wildman–Crippen MR) is 81.9 cm³/mol. The summed E-state index contributed by atoms with van der Waals surface area (Å²) in [6.07, 6.45) is 6.83. The maximum Gasteiger partial charge on any atom is 0.246 e. The number of anilines is 1. The second kappa shape index (κ2) is 6.63. The van der Waals surface area contributed by atoms with Gasteiger partial charge in [0.1, 0.15) is 5.01 Å². The zero-order chi connectivity index (χ0) is 14.6. The first-order valence-corrected chi connectivity index (χ1v) is 8.34. The molecule has 0 radical (unpaired) electrons. The van der Waals surface area contributed by atoms with Crippen LogP contribution in [0.1, 0.15) is 69.7 Å². The third-order valence-electron chi connectivity index (χ3n) is 4.19. The molecule has 112 valence electrons. The smallest absolute Gasteiger partial charge is 0.246 e. The summed E-state index contributed by atoms with van der Waals surface area (Å²) in [7, 11) is 0. The van der Waals surface area contributed by atoms with Crippen LogP contribution in [0.15, 0.2) is 0 Å². The number of hydrogen-bond acceptors (Lipinski definition) is 5. The number of rotatable bonds is 5. The van der Waals surface area contributed by atoms with Gasteiger partial charge in [-0.2, -0.15) is 0 Å². The summed E-state index contributed by atoms with van der Waals surface area (Å²) in [6, 6.07) is 0. The molecule has 0 unspecified atom stereocenters. The number of hydrogen-bond donors (Lipinski definition) is 2. The van der Waals surface area contributed by atoms with E-state index in [9.17, 15) is 4.79 Å². The first-order valence-electron chi connectivity index (χ1n) is 7.52. The monoisotopic (exact) mass is 296 g/mol. The topological polar surface area (TPSA) is 80.9 Å². The number of nitrogens with zero attached hydrogens (tertiary/aromatic N) is 2. The second-order valence-corrected chi connectivity index (χ2v) is 6.64. The molecular formula is C14H24N4OS. The van der Waals surface area contributed by atoms with Crippen molar-refractivity contribution in [1.29, 1.82) is 0 Å². The Kier molecular flexibility index (Phi) is 5.10. The Bertz CT molecular complexity index is 450. The summed E-state index contributed by atoms with van der Waals surface area (Å²) < 4.78 is 0. The molecule has 1 fully saturated rings. The lowest BCUT2D eigenvalue weighted by Crippen LogP contribution is -2.52. The molecule has 1 aromatic rings. The lowest BCUT2D eigenvalue weighted by atomic mass is 9.82. The number of carbonyl (C=O) groups excluding carboxylic acids is 1. The Labute approximate surface area is 124 Å². The molecule has 1 saturated carbocycles. The first-order chi connectivity index (χ1) is 9.59. The Morgan fingerprint density at radius 1 is 1.30 bits per heavy atom. The predicted octanol–water partition coefficient (Wildman–Crippen LogP) is 3.04. The third kappa shape index (κ3) is 3.35. The standard InChI is InChI=1S/C14H24N4OS/c1-3-10(4-2)11-17-18-13(20-11)16-12(19)14(15)8-6-5-7-9-14/h10H,3-9,15H2,1-2H3,(H,16,18,19). The maximum absolute atomic E-state index is 12.3. The van der Waals surface area contributed by atoms with E-state index < -0.39 is 5.54 Å². The average molecular weight is 296 g/mol. The summed E-state index contributed by atoms with van der Waals surface area (Å²) >= 11 is 1.47. The molecule has 6 heteroatoms. The molecule has 3 N–H and O–H groups in total. The minimum absolute atomic E-state index is 0.107. The van der Waals surface area contributed by atoms with Crippen molar-refractivity contribution < 1.29 is 4.79 Å². The molecule has 0 spiro atoms. The molecule has 1 heterocycles. The molecule has 0 bridgehead atoms. The van der Waals surface area contributed by atoms with E-state index in [1.807, 2.05) is 0 Å². The van der Waals surface area contributed by atoms with Crippen molar-refractivity contribution in [3.05, 3.63) is 5.01 Å². The van der Waals surface area contributed by atoms with Gasteiger partial charge in [0.05, 0.1) is 5.54 Å². The minimum Gasteiger partial charge on any atom is -0.317 e. The van der Waals surface area contributed by atoms with Crippen molar-refractivity contribution in [3.8, 4) is 0 Å². The maximum atomic E-state index is 12.3. The van der Waals surface area contributed by atoms with Gasteiger partial charge in [0.2, 0.25) is 11.0 Å². The van der Waals surface area contributed by atoms with Gasteiger partial charge in [-0.05, 0) is 25.7 Å². The fourth-order valence-corrected chi connectivity index (χ4v) is 3.72. The van der Waals surface area contributed by atoms with Crippen molar-refractivity contribution in [1.82, 2.24) is 10.2 Å². The van der Waals surface area contributed by atoms with Crippen molar-refractivity contribution in [3.63, 3.8) is 0 Å². The SMILES string of the molecule is CCC(CC)c1nnc(NC(=O)C2(N)CCCCC2)s1. The van der Waals surface area contributed by atoms with E-state index in [1.54, 1.807) is 0 Å². The summed E-state index contributed by atoms with van der Waals surface area (Å²) in [5, 5.41) is 12.7. The summed E-state index contributed by atoms with van der Waals surface area (Å²) in [5.41, 5.74) is 5.49. The van der Waals surface area contributed by atoms with Crippen LogP contribution in [-0.4, -0.2) is 21.6 Å². The van der Waals surface area contributed by atoms with E-state index >= 15 is 0 Å². The Morgan fingerprint density at radius 3 is 2.55 bits per heavy atom. The molecular weight excluding hydrogens is 272 g/mol. The van der Waals surface area contributed by atoms with Crippen molar-refractivity contribution in [2.45, 2.75) is 70.3 Å². The van der Waals surface area contributed by atoms with Gasteiger partial charge in [-0.25, -0.2) is 0 Å². The normalized spacial score (nSPS) is 18.2. The van der Waals surface area contributed by atoms with Gasteiger partial charge >= 0.3 is 0 Å². The van der Waals surface area contributed by atoms with E-state index in [0.29, 0.717) is 11.0 Å². The largest absolute Gasteiger partial charge is 0.317 e. The van der Waals surface area contributed by atoms with Crippen molar-refractivity contribution in [2.75, 3.05) is 5.32 Å². The van der Waals surface area contributed by atoms with E-state index in [-0.39, 0.29) is 5.91 Å². The van der Waals surface area contributed by atoms with Gasteiger partial charge in [-0.15, -0.1) is 10.2 Å². The Balaban J connectivity index is 2.01. The van der Waals surface area contributed by atoms with Gasteiger partial charge in [0.15, 0.2) is 0 Å². The highest BCUT2D eigenvalue weighted by atomic mass is 32.1. The molecule has 1 aliphatic rings. The fourth-order valence-electron chi connectivity index (χ4n) is 2.72. The summed E-state index contributed by atoms with van der Waals surface area (Å²) in [6.45, 7) is 4.29. The third-order valence-corrected chi connectivity index (χ3v) is 5.20. The molecule has 5 nitrogen and oxygen atoms in total. The van der Waals surface area contributed by atoms with Gasteiger partial charge in [0.25, 0.3) is 0 Å². The van der Waals surface area contributed by atoms with Crippen LogP contribution in [0.5, 0.6) is 0 Å². The van der Waals surface area contributed by atoms with E-state index in [0.717, 1.165) is 43.5 Å². The van der Waals surface area contributed by atoms with Gasteiger partial charge in [0, 0.05) is 5.92 Å². The van der Waals surface area contributed by atoms with Crippen LogP contribution in [-0.2, 0) is 4.79 Å². The molecule has 1 amide bonds. The lowest BCUT2D eigenvalue weighted by Gasteiger charge is -2.31. The molecule has 20 heavy (non-hydrogen) atoms. The van der Waals surface area contributed by atoms with E-state index in [2.05, 4.69) is 29.4 Å². The van der Waals surface area contributed by atoms with Crippen LogP contribution in [0.3, 0.4) is 0 Å². The molecule has 0 aliphatic heterocycles. The van der Waals surface area contributed by atoms with Crippen molar-refractivity contribution in [2.24, 2.45) is 5.73 Å². The molecule has 0 saturated heterocycles. The Hall–Kier alpha value is -1.01. The highest BCUT2D eigenvalue weighted by Gasteiger charge is 2.35. The van der Waals surface area contributed by atoms with Crippen molar-refractivity contribution >= 4 is 22.4 Å². The lowest BCUT2D eigenvalue weighted by molar-refractivity contribution is -0.122. The highest BCUT2D eigenvalue weighted by Crippen LogP contribution is 2.30. The zero-order valence-corrected chi connectivity index (χ0v) is 13.1. The zero-order valence-electron chi connectivity index (χ0n) is 12.3. The number of nitrogens with two attached hydrogens (primary N) is 1. The van der Waals surface area contributed by atoms with Crippen LogP contribution in [0.25, 0.3) is 0 Å². The molecule has 2 rings (SSSR count). The van der Waals surface area contributed by atoms with Gasteiger partial charge < -0.3 is 5.73 Å². The highest BCUT2D eigenvalue weighted by molar-refractivity contribution is 7.15. The van der Waals surface area contributed by atoms with E-state index in [1.165, 1.54) is 17.8 Å². The molecule has 1 aromatic heterocycles. The number of nitrogens with one attached hydrogen (secondary N) is 1. The van der Waals surface area contributed by atoms with E-state index in [4.69, 9.17) is 5.73 Å². The van der Waals surface area contributed by atoms with Gasteiger partial charge in [-0.3, -0.25) is 10.1 Å².